The Hall–Kier alpha value is -1.09. The molecule has 16 nitrogen and oxygen atoms in total. The molecule has 1 amide bonds. The molecule has 0 aromatic heterocycles. The van der Waals surface area contributed by atoms with E-state index in [2.05, 4.69) is 5.32 Å². The van der Waals surface area contributed by atoms with Crippen LogP contribution in [0.2, 0.25) is 0 Å². The van der Waals surface area contributed by atoms with Gasteiger partial charge in [-0.1, -0.05) is 0 Å². The molecule has 10 N–H and O–H groups in total. The number of aliphatic hydroxyl groups is 9. The van der Waals surface area contributed by atoms with Gasteiger partial charge in [0.25, 0.3) is 0 Å². The summed E-state index contributed by atoms with van der Waals surface area (Å²) < 4.78 is 27.7. The molecule has 210 valence electrons. The zero-order chi connectivity index (χ0) is 26.9. The SMILES string of the molecule is CC(=O)N[C@@H]1[C@@H](O[C@@H]2O[C@@H](C)[C@@H](O)[C@@H](O)[C@@H]2O)[C@H](O[C@@H]2O[C@H](CO)[C@@H](O)[C@H](O)[C@H]2O)[C@@H](CO)O[C@H]1O. The fourth-order valence-corrected chi connectivity index (χ4v) is 4.40. The highest BCUT2D eigenvalue weighted by molar-refractivity contribution is 5.73. The standard InChI is InChI=1S/C20H35NO15/c1-5-10(25)12(27)14(29)19(32-5)36-17-9(21-6(2)24)18(31)33-8(4-23)16(17)35-20-15(30)13(28)11(26)7(3-22)34-20/h5,7-20,22-23,25-31H,3-4H2,1-2H3,(H,21,24)/t5-,7+,8+,9+,10+,11+,12+,13-,14-,15+,16+,17+,18+,19-,20-/m0/s1. The van der Waals surface area contributed by atoms with E-state index in [1.807, 2.05) is 0 Å². The maximum Gasteiger partial charge on any atom is 0.217 e. The summed E-state index contributed by atoms with van der Waals surface area (Å²) in [6, 6.07) is -1.41. The summed E-state index contributed by atoms with van der Waals surface area (Å²) in [4.78, 5) is 11.8. The van der Waals surface area contributed by atoms with Crippen LogP contribution in [0.15, 0.2) is 0 Å². The molecule has 3 fully saturated rings. The van der Waals surface area contributed by atoms with Crippen LogP contribution in [0.1, 0.15) is 13.8 Å². The molecule has 0 unspecified atom stereocenters. The Bertz CT molecular complexity index is 729. The van der Waals surface area contributed by atoms with Crippen LogP contribution in [0, 0.1) is 0 Å². The molecule has 15 atom stereocenters. The second-order valence-corrected chi connectivity index (χ2v) is 9.05. The van der Waals surface area contributed by atoms with E-state index in [-0.39, 0.29) is 0 Å². The zero-order valence-electron chi connectivity index (χ0n) is 19.5. The predicted molar refractivity (Wildman–Crippen MR) is 111 cm³/mol. The van der Waals surface area contributed by atoms with Crippen molar-refractivity contribution in [2.45, 2.75) is 106 Å². The molecule has 0 aromatic rings. The highest BCUT2D eigenvalue weighted by atomic mass is 16.7. The first kappa shape index (κ1) is 29.5. The average molecular weight is 529 g/mol. The summed E-state index contributed by atoms with van der Waals surface area (Å²) in [6.07, 6.45) is -22.0. The van der Waals surface area contributed by atoms with Crippen LogP contribution in [0.4, 0.5) is 0 Å². The van der Waals surface area contributed by atoms with Gasteiger partial charge in [-0.15, -0.1) is 0 Å². The third-order valence-electron chi connectivity index (χ3n) is 6.45. The van der Waals surface area contributed by atoms with Crippen LogP contribution in [-0.4, -0.2) is 157 Å². The molecule has 0 aliphatic carbocycles. The Balaban J connectivity index is 1.92. The molecule has 0 radical (unpaired) electrons. The third kappa shape index (κ3) is 5.97. The minimum atomic E-state index is -1.85. The molecule has 3 rings (SSSR count). The molecule has 0 saturated carbocycles. The summed E-state index contributed by atoms with van der Waals surface area (Å²) in [5.41, 5.74) is 0. The molecule has 0 aromatic carbocycles. The van der Waals surface area contributed by atoms with Gasteiger partial charge in [0.05, 0.1) is 19.3 Å². The van der Waals surface area contributed by atoms with Gasteiger partial charge in [-0.25, -0.2) is 0 Å². The molecule has 3 heterocycles. The topological polar surface area (TPSA) is 257 Å². The number of hydrogen-bond acceptors (Lipinski definition) is 15. The van der Waals surface area contributed by atoms with Crippen molar-refractivity contribution in [1.29, 1.82) is 0 Å². The van der Waals surface area contributed by atoms with E-state index in [4.69, 9.17) is 23.7 Å². The lowest BCUT2D eigenvalue weighted by Gasteiger charge is -2.49. The van der Waals surface area contributed by atoms with Crippen LogP contribution in [0.3, 0.4) is 0 Å². The van der Waals surface area contributed by atoms with Gasteiger partial charge in [0.15, 0.2) is 18.9 Å². The van der Waals surface area contributed by atoms with Crippen LogP contribution in [0.25, 0.3) is 0 Å². The first-order chi connectivity index (χ1) is 16.9. The third-order valence-corrected chi connectivity index (χ3v) is 6.45. The molecule has 0 spiro atoms. The monoisotopic (exact) mass is 529 g/mol. The number of amides is 1. The normalized spacial score (nSPS) is 50.0. The maximum atomic E-state index is 11.8. The van der Waals surface area contributed by atoms with E-state index in [0.29, 0.717) is 0 Å². The number of hydrogen-bond donors (Lipinski definition) is 10. The summed E-state index contributed by atoms with van der Waals surface area (Å²) in [6.45, 7) is 1.00. The molecule has 3 saturated heterocycles. The van der Waals surface area contributed by atoms with Crippen molar-refractivity contribution < 1.29 is 74.4 Å². The largest absolute Gasteiger partial charge is 0.394 e. The van der Waals surface area contributed by atoms with Crippen molar-refractivity contribution in [1.82, 2.24) is 5.32 Å². The fourth-order valence-electron chi connectivity index (χ4n) is 4.40. The summed E-state index contributed by atoms with van der Waals surface area (Å²) >= 11 is 0. The van der Waals surface area contributed by atoms with Gasteiger partial charge < -0.3 is 75.0 Å². The Morgan fingerprint density at radius 1 is 0.722 bits per heavy atom. The first-order valence-electron chi connectivity index (χ1n) is 11.4. The van der Waals surface area contributed by atoms with Gasteiger partial charge in [-0.2, -0.15) is 0 Å². The fraction of sp³-hybridized carbons (Fsp3) is 0.950. The molecule has 36 heavy (non-hydrogen) atoms. The predicted octanol–water partition coefficient (Wildman–Crippen LogP) is -6.40. The van der Waals surface area contributed by atoms with Crippen LogP contribution in [0.5, 0.6) is 0 Å². The van der Waals surface area contributed by atoms with E-state index in [0.717, 1.165) is 6.92 Å². The van der Waals surface area contributed by atoms with E-state index in [1.165, 1.54) is 6.92 Å². The number of carbonyl (C=O) groups is 1. The highest BCUT2D eigenvalue weighted by Gasteiger charge is 2.54. The number of nitrogens with one attached hydrogen (secondary N) is 1. The van der Waals surface area contributed by atoms with Crippen LogP contribution in [-0.2, 0) is 28.5 Å². The van der Waals surface area contributed by atoms with Crippen molar-refractivity contribution in [3.63, 3.8) is 0 Å². The minimum absolute atomic E-state index is 0.640. The van der Waals surface area contributed by atoms with Crippen LogP contribution < -0.4 is 5.32 Å². The van der Waals surface area contributed by atoms with Crippen molar-refractivity contribution in [3.8, 4) is 0 Å². The van der Waals surface area contributed by atoms with Gasteiger partial charge >= 0.3 is 0 Å². The first-order valence-corrected chi connectivity index (χ1v) is 11.4. The molecule has 3 aliphatic rings. The van der Waals surface area contributed by atoms with Gasteiger partial charge in [0.1, 0.15) is 67.1 Å². The zero-order valence-corrected chi connectivity index (χ0v) is 19.5. The van der Waals surface area contributed by atoms with Crippen molar-refractivity contribution in [2.75, 3.05) is 13.2 Å². The lowest BCUT2D eigenvalue weighted by atomic mass is 9.94. The second-order valence-electron chi connectivity index (χ2n) is 9.05. The maximum absolute atomic E-state index is 11.8. The summed E-state index contributed by atoms with van der Waals surface area (Å²) in [5.74, 6) is -0.640. The minimum Gasteiger partial charge on any atom is -0.394 e. The molecule has 16 heteroatoms. The lowest BCUT2D eigenvalue weighted by molar-refractivity contribution is -0.370. The molecule has 3 aliphatic heterocycles. The van der Waals surface area contributed by atoms with Crippen molar-refractivity contribution in [2.24, 2.45) is 0 Å². The summed E-state index contributed by atoms with van der Waals surface area (Å²) in [7, 11) is 0. The molecular formula is C20H35NO15. The Morgan fingerprint density at radius 3 is 1.81 bits per heavy atom. The number of ether oxygens (including phenoxy) is 5. The van der Waals surface area contributed by atoms with Crippen molar-refractivity contribution in [3.05, 3.63) is 0 Å². The van der Waals surface area contributed by atoms with Crippen molar-refractivity contribution >= 4 is 5.91 Å². The Kier molecular flexibility index (Phi) is 9.97. The Labute approximate surface area is 205 Å². The van der Waals surface area contributed by atoms with Gasteiger partial charge in [-0.3, -0.25) is 4.79 Å². The van der Waals surface area contributed by atoms with E-state index in [9.17, 15) is 50.8 Å². The quantitative estimate of drug-likeness (QED) is 0.147. The van der Waals surface area contributed by atoms with Gasteiger partial charge in [0.2, 0.25) is 5.91 Å². The van der Waals surface area contributed by atoms with Gasteiger partial charge in [-0.05, 0) is 6.92 Å². The van der Waals surface area contributed by atoms with E-state index in [1.54, 1.807) is 0 Å². The highest BCUT2D eigenvalue weighted by Crippen LogP contribution is 2.32. The average Bonchev–Trinajstić information content (AvgIpc) is 2.84. The number of rotatable bonds is 7. The van der Waals surface area contributed by atoms with Crippen LogP contribution >= 0.6 is 0 Å². The summed E-state index contributed by atoms with van der Waals surface area (Å²) in [5, 5.41) is 93.2. The van der Waals surface area contributed by atoms with E-state index < -0.39 is 111 Å². The Morgan fingerprint density at radius 2 is 1.25 bits per heavy atom. The second kappa shape index (κ2) is 12.2. The molecular weight excluding hydrogens is 494 g/mol. The number of aliphatic hydroxyl groups excluding tert-OH is 9. The smallest absolute Gasteiger partial charge is 0.217 e. The number of carbonyl (C=O) groups excluding carboxylic acids is 1. The molecule has 0 bridgehead atoms. The van der Waals surface area contributed by atoms with Gasteiger partial charge in [0, 0.05) is 6.92 Å². The van der Waals surface area contributed by atoms with E-state index >= 15 is 0 Å². The lowest BCUT2D eigenvalue weighted by Crippen LogP contribution is -2.69.